The number of rotatable bonds is 6. The number of carbonyl (C=O) groups is 2. The fraction of sp³-hybridized carbons (Fsp3) is 0.138. The molecule has 0 bridgehead atoms. The van der Waals surface area contributed by atoms with E-state index in [0.29, 0.717) is 29.8 Å². The Hall–Kier alpha value is -4.49. The van der Waals surface area contributed by atoms with Crippen molar-refractivity contribution < 1.29 is 9.59 Å². The number of nitrogens with one attached hydrogen (secondary N) is 1. The maximum Gasteiger partial charge on any atom is 0.272 e. The van der Waals surface area contributed by atoms with Crippen molar-refractivity contribution in [3.8, 4) is 5.69 Å². The largest absolute Gasteiger partial charge is 0.343 e. The first-order valence-electron chi connectivity index (χ1n) is 12.0. The van der Waals surface area contributed by atoms with Gasteiger partial charge in [-0.25, -0.2) is 15.1 Å². The first-order valence-corrected chi connectivity index (χ1v) is 12.0. The molecule has 4 aromatic rings. The number of hydrogen-bond acceptors (Lipinski definition) is 5. The topological polar surface area (TPSA) is 70.5 Å². The van der Waals surface area contributed by atoms with Crippen LogP contribution in [-0.4, -0.2) is 21.5 Å². The molecule has 2 aliphatic heterocycles. The number of aromatic nitrogens is 2. The van der Waals surface area contributed by atoms with E-state index in [2.05, 4.69) is 33.6 Å². The molecule has 0 spiro atoms. The summed E-state index contributed by atoms with van der Waals surface area (Å²) in [7, 11) is 0. The summed E-state index contributed by atoms with van der Waals surface area (Å²) in [5, 5.41) is 5.81. The minimum Gasteiger partial charge on any atom is -0.343 e. The van der Waals surface area contributed by atoms with Gasteiger partial charge in [-0.2, -0.15) is 5.10 Å². The summed E-state index contributed by atoms with van der Waals surface area (Å²) in [4.78, 5) is 28.3. The van der Waals surface area contributed by atoms with Crippen LogP contribution in [0.15, 0.2) is 103 Å². The molecule has 1 fully saturated rings. The molecule has 1 saturated heterocycles. The monoisotopic (exact) mass is 475 g/mol. The zero-order chi connectivity index (χ0) is 24.6. The van der Waals surface area contributed by atoms with Gasteiger partial charge in [0.2, 0.25) is 0 Å². The number of benzene rings is 3. The number of hydrazine groups is 1. The van der Waals surface area contributed by atoms with E-state index in [-0.39, 0.29) is 17.7 Å². The summed E-state index contributed by atoms with van der Waals surface area (Å²) in [5.41, 5.74) is 9.33. The van der Waals surface area contributed by atoms with Gasteiger partial charge in [0.15, 0.2) is 5.78 Å². The van der Waals surface area contributed by atoms with Crippen LogP contribution in [0.2, 0.25) is 0 Å². The highest BCUT2D eigenvalue weighted by atomic mass is 16.2. The fourth-order valence-corrected chi connectivity index (χ4v) is 4.88. The maximum atomic E-state index is 13.6. The molecule has 178 valence electrons. The Morgan fingerprint density at radius 2 is 1.69 bits per heavy atom. The average Bonchev–Trinajstić information content (AvgIpc) is 3.58. The van der Waals surface area contributed by atoms with Crippen LogP contribution in [0.25, 0.3) is 5.69 Å². The lowest BCUT2D eigenvalue weighted by Crippen LogP contribution is -2.36. The Morgan fingerprint density at radius 3 is 2.44 bits per heavy atom. The molecule has 2 aliphatic rings. The summed E-state index contributed by atoms with van der Waals surface area (Å²) in [6.07, 6.45) is 5.99. The molecule has 0 aliphatic carbocycles. The Bertz CT molecular complexity index is 1470. The van der Waals surface area contributed by atoms with Crippen molar-refractivity contribution in [2.45, 2.75) is 25.9 Å². The van der Waals surface area contributed by atoms with Gasteiger partial charge < -0.3 is 4.90 Å². The highest BCUT2D eigenvalue weighted by molar-refractivity contribution is 6.13. The predicted molar refractivity (Wildman–Crippen MR) is 139 cm³/mol. The molecule has 6 rings (SSSR count). The second kappa shape index (κ2) is 8.94. The Morgan fingerprint density at radius 1 is 0.944 bits per heavy atom. The molecule has 0 saturated carbocycles. The van der Waals surface area contributed by atoms with Gasteiger partial charge >= 0.3 is 0 Å². The summed E-state index contributed by atoms with van der Waals surface area (Å²) in [6.45, 7) is 2.45. The van der Waals surface area contributed by atoms with Crippen molar-refractivity contribution in [3.63, 3.8) is 0 Å². The summed E-state index contributed by atoms with van der Waals surface area (Å²) < 4.78 is 1.82. The minimum absolute atomic E-state index is 0.00429. The molecule has 36 heavy (non-hydrogen) atoms. The number of nitrogens with zero attached hydrogens (tertiary/aromatic N) is 4. The van der Waals surface area contributed by atoms with Crippen molar-refractivity contribution in [1.82, 2.24) is 15.2 Å². The van der Waals surface area contributed by atoms with E-state index in [1.54, 1.807) is 12.3 Å². The Balaban J connectivity index is 1.34. The van der Waals surface area contributed by atoms with Crippen LogP contribution >= 0.6 is 0 Å². The molecule has 7 nitrogen and oxygen atoms in total. The van der Waals surface area contributed by atoms with E-state index in [0.717, 1.165) is 22.5 Å². The second-order valence-electron chi connectivity index (χ2n) is 8.88. The molecule has 3 heterocycles. The molecule has 0 radical (unpaired) electrons. The SMILES string of the molecule is CCC(=O)c1ccccc1N1NC2C(=CN(Cc3ccc(-n4cccn4)cc3)c3ccccc32)C1=O. The van der Waals surface area contributed by atoms with Crippen molar-refractivity contribution in [2.75, 3.05) is 9.91 Å². The minimum atomic E-state index is -0.281. The first kappa shape index (κ1) is 22.0. The molecule has 1 N–H and O–H groups in total. The first-order chi connectivity index (χ1) is 17.6. The Kier molecular flexibility index (Phi) is 5.47. The molecule has 1 unspecified atom stereocenters. The van der Waals surface area contributed by atoms with Gasteiger partial charge in [0.25, 0.3) is 5.91 Å². The fourth-order valence-electron chi connectivity index (χ4n) is 4.88. The third-order valence-corrected chi connectivity index (χ3v) is 6.70. The van der Waals surface area contributed by atoms with E-state index in [1.165, 1.54) is 5.01 Å². The van der Waals surface area contributed by atoms with Crippen LogP contribution in [0.4, 0.5) is 11.4 Å². The molecular formula is C29H25N5O2. The second-order valence-corrected chi connectivity index (χ2v) is 8.88. The molecular weight excluding hydrogens is 450 g/mol. The van der Waals surface area contributed by atoms with Gasteiger partial charge in [-0.05, 0) is 47.5 Å². The molecule has 1 amide bonds. The third kappa shape index (κ3) is 3.70. The van der Waals surface area contributed by atoms with Gasteiger partial charge in [0.1, 0.15) is 0 Å². The molecule has 1 aromatic heterocycles. The van der Waals surface area contributed by atoms with Gasteiger partial charge in [0, 0.05) is 42.8 Å². The van der Waals surface area contributed by atoms with Crippen molar-refractivity contribution >= 4 is 23.1 Å². The number of fused-ring (bicyclic) bond motifs is 3. The van der Waals surface area contributed by atoms with E-state index >= 15 is 0 Å². The molecule has 3 aromatic carbocycles. The van der Waals surface area contributed by atoms with Crippen molar-refractivity contribution in [3.05, 3.63) is 120 Å². The zero-order valence-corrected chi connectivity index (χ0v) is 19.8. The maximum absolute atomic E-state index is 13.6. The third-order valence-electron chi connectivity index (χ3n) is 6.70. The number of Topliss-reactive ketones (excluding diaryl/α,β-unsaturated/α-hetero) is 1. The quantitative estimate of drug-likeness (QED) is 0.399. The highest BCUT2D eigenvalue weighted by Gasteiger charge is 2.41. The van der Waals surface area contributed by atoms with Gasteiger partial charge in [-0.15, -0.1) is 0 Å². The van der Waals surface area contributed by atoms with Crippen LogP contribution in [0, 0.1) is 0 Å². The number of para-hydroxylation sites is 2. The van der Waals surface area contributed by atoms with Crippen LogP contribution in [0.1, 0.15) is 40.9 Å². The van der Waals surface area contributed by atoms with Crippen molar-refractivity contribution in [1.29, 1.82) is 0 Å². The van der Waals surface area contributed by atoms with Crippen molar-refractivity contribution in [2.24, 2.45) is 0 Å². The lowest BCUT2D eigenvalue weighted by atomic mass is 9.94. The number of amides is 1. The van der Waals surface area contributed by atoms with E-state index in [1.807, 2.05) is 78.6 Å². The Labute approximate surface area is 209 Å². The lowest BCUT2D eigenvalue weighted by molar-refractivity contribution is -0.114. The highest BCUT2D eigenvalue weighted by Crippen LogP contribution is 2.42. The average molecular weight is 476 g/mol. The summed E-state index contributed by atoms with van der Waals surface area (Å²) >= 11 is 0. The molecule has 1 atom stereocenters. The smallest absolute Gasteiger partial charge is 0.272 e. The standard InChI is InChI=1S/C29H25N5O2/c1-2-27(35)22-8-3-6-11-26(22)34-29(36)24-19-32(25-10-5-4-9-23(25)28(24)31-34)18-20-12-14-21(15-13-20)33-17-7-16-30-33/h3-17,19,28,31H,2,18H2,1H3. The van der Waals surface area contributed by atoms with Gasteiger partial charge in [-0.3, -0.25) is 9.59 Å². The van der Waals surface area contributed by atoms with E-state index in [4.69, 9.17) is 0 Å². The predicted octanol–water partition coefficient (Wildman–Crippen LogP) is 4.96. The number of anilines is 2. The number of hydrogen-bond donors (Lipinski definition) is 1. The van der Waals surface area contributed by atoms with E-state index < -0.39 is 0 Å². The normalized spacial score (nSPS) is 16.5. The lowest BCUT2D eigenvalue weighted by Gasteiger charge is -2.30. The summed E-state index contributed by atoms with van der Waals surface area (Å²) in [6, 6.07) is 25.2. The number of ketones is 1. The van der Waals surface area contributed by atoms with Crippen LogP contribution < -0.4 is 15.3 Å². The van der Waals surface area contributed by atoms with Crippen LogP contribution in [0.3, 0.4) is 0 Å². The van der Waals surface area contributed by atoms with Gasteiger partial charge in [0.05, 0.1) is 23.0 Å². The van der Waals surface area contributed by atoms with E-state index in [9.17, 15) is 9.59 Å². The van der Waals surface area contributed by atoms with Gasteiger partial charge in [-0.1, -0.05) is 49.4 Å². The van der Waals surface area contributed by atoms with Crippen LogP contribution in [-0.2, 0) is 11.3 Å². The molecule has 7 heteroatoms. The zero-order valence-electron chi connectivity index (χ0n) is 19.8. The number of carbonyl (C=O) groups excluding carboxylic acids is 2. The van der Waals surface area contributed by atoms with Crippen LogP contribution in [0.5, 0.6) is 0 Å². The summed E-state index contributed by atoms with van der Waals surface area (Å²) in [5.74, 6) is -0.144.